The summed E-state index contributed by atoms with van der Waals surface area (Å²) < 4.78 is 0. The van der Waals surface area contributed by atoms with Crippen LogP contribution in [-0.2, 0) is 4.79 Å². The van der Waals surface area contributed by atoms with E-state index in [9.17, 15) is 9.59 Å². The molecule has 3 amide bonds. The fourth-order valence-electron chi connectivity index (χ4n) is 2.01. The molecule has 2 atom stereocenters. The Kier molecular flexibility index (Phi) is 5.80. The second-order valence-electron chi connectivity index (χ2n) is 4.69. The summed E-state index contributed by atoms with van der Waals surface area (Å²) in [6.07, 6.45) is 2.56. The first-order valence-electron chi connectivity index (χ1n) is 6.19. The van der Waals surface area contributed by atoms with Crippen molar-refractivity contribution in [2.75, 3.05) is 26.2 Å². The highest BCUT2D eigenvalue weighted by atomic mass is 16.2. The van der Waals surface area contributed by atoms with Crippen molar-refractivity contribution in [2.45, 2.75) is 19.4 Å². The number of nitrogens with two attached hydrogens (primary N) is 1. The zero-order chi connectivity index (χ0) is 13.5. The molecular formula is C12H22N4O2. The van der Waals surface area contributed by atoms with E-state index in [4.69, 9.17) is 5.73 Å². The van der Waals surface area contributed by atoms with E-state index < -0.39 is 6.03 Å². The summed E-state index contributed by atoms with van der Waals surface area (Å²) in [5, 5.41) is 4.76. The van der Waals surface area contributed by atoms with Crippen LogP contribution in [0.25, 0.3) is 0 Å². The van der Waals surface area contributed by atoms with Gasteiger partial charge in [0.25, 0.3) is 0 Å². The Morgan fingerprint density at radius 1 is 1.61 bits per heavy atom. The predicted octanol–water partition coefficient (Wildman–Crippen LogP) is -0.333. The van der Waals surface area contributed by atoms with Gasteiger partial charge in [0.2, 0.25) is 5.91 Å². The van der Waals surface area contributed by atoms with Crippen molar-refractivity contribution >= 4 is 11.9 Å². The Balaban J connectivity index is 2.25. The average molecular weight is 254 g/mol. The van der Waals surface area contributed by atoms with Gasteiger partial charge in [0.05, 0.1) is 6.54 Å². The fourth-order valence-corrected chi connectivity index (χ4v) is 2.01. The number of amides is 3. The highest BCUT2D eigenvalue weighted by Gasteiger charge is 2.26. The standard InChI is InChI=1S/C12H22N4O2/c1-3-5-14-12(18)15-11(17)8-16-6-4-10(7-16)9(2)13/h3,9-10H,1,4-8,13H2,2H3,(H2,14,15,17,18). The number of imide groups is 1. The maximum absolute atomic E-state index is 11.6. The second-order valence-corrected chi connectivity index (χ2v) is 4.69. The number of likely N-dealkylation sites (tertiary alicyclic amines) is 1. The van der Waals surface area contributed by atoms with E-state index in [1.165, 1.54) is 0 Å². The Labute approximate surface area is 108 Å². The zero-order valence-electron chi connectivity index (χ0n) is 10.8. The maximum Gasteiger partial charge on any atom is 0.321 e. The van der Waals surface area contributed by atoms with Crippen molar-refractivity contribution in [1.82, 2.24) is 15.5 Å². The molecule has 0 aliphatic carbocycles. The van der Waals surface area contributed by atoms with E-state index in [0.717, 1.165) is 19.5 Å². The molecule has 102 valence electrons. The smallest absolute Gasteiger partial charge is 0.321 e. The fraction of sp³-hybridized carbons (Fsp3) is 0.667. The third-order valence-electron chi connectivity index (χ3n) is 3.08. The van der Waals surface area contributed by atoms with Crippen LogP contribution in [0.4, 0.5) is 4.79 Å². The van der Waals surface area contributed by atoms with E-state index in [-0.39, 0.29) is 18.5 Å². The maximum atomic E-state index is 11.6. The minimum atomic E-state index is -0.483. The summed E-state index contributed by atoms with van der Waals surface area (Å²) in [4.78, 5) is 24.8. The van der Waals surface area contributed by atoms with Crippen molar-refractivity contribution in [3.63, 3.8) is 0 Å². The molecule has 4 N–H and O–H groups in total. The Bertz CT molecular complexity index is 317. The largest absolute Gasteiger partial charge is 0.334 e. The van der Waals surface area contributed by atoms with Crippen molar-refractivity contribution < 1.29 is 9.59 Å². The third-order valence-corrected chi connectivity index (χ3v) is 3.08. The molecule has 0 aromatic rings. The van der Waals surface area contributed by atoms with Gasteiger partial charge in [-0.25, -0.2) is 4.79 Å². The van der Waals surface area contributed by atoms with Gasteiger partial charge in [-0.3, -0.25) is 15.0 Å². The molecule has 6 heteroatoms. The van der Waals surface area contributed by atoms with Crippen LogP contribution in [0.5, 0.6) is 0 Å². The van der Waals surface area contributed by atoms with E-state index in [1.807, 2.05) is 11.8 Å². The van der Waals surface area contributed by atoms with Gasteiger partial charge in [-0.2, -0.15) is 0 Å². The minimum Gasteiger partial charge on any atom is -0.334 e. The summed E-state index contributed by atoms with van der Waals surface area (Å²) in [5.74, 6) is 0.147. The topological polar surface area (TPSA) is 87.5 Å². The van der Waals surface area contributed by atoms with Crippen LogP contribution in [0.1, 0.15) is 13.3 Å². The molecule has 1 fully saturated rings. The van der Waals surface area contributed by atoms with Crippen LogP contribution in [-0.4, -0.2) is 49.1 Å². The molecule has 0 aromatic carbocycles. The number of rotatable bonds is 5. The summed E-state index contributed by atoms with van der Waals surface area (Å²) >= 11 is 0. The Morgan fingerprint density at radius 2 is 2.33 bits per heavy atom. The third kappa shape index (κ3) is 4.85. The first-order valence-corrected chi connectivity index (χ1v) is 6.19. The highest BCUT2D eigenvalue weighted by Crippen LogP contribution is 2.17. The lowest BCUT2D eigenvalue weighted by molar-refractivity contribution is -0.120. The van der Waals surface area contributed by atoms with E-state index in [1.54, 1.807) is 6.08 Å². The number of carbonyl (C=O) groups is 2. The molecule has 0 radical (unpaired) electrons. The van der Waals surface area contributed by atoms with E-state index in [0.29, 0.717) is 12.5 Å². The number of hydrogen-bond donors (Lipinski definition) is 3. The predicted molar refractivity (Wildman–Crippen MR) is 69.9 cm³/mol. The SMILES string of the molecule is C=CCNC(=O)NC(=O)CN1CCC(C(C)N)C1. The second kappa shape index (κ2) is 7.13. The molecule has 0 spiro atoms. The van der Waals surface area contributed by atoms with E-state index in [2.05, 4.69) is 17.2 Å². The molecule has 1 aliphatic heterocycles. The van der Waals surface area contributed by atoms with Crippen LogP contribution in [0, 0.1) is 5.92 Å². The Morgan fingerprint density at radius 3 is 2.89 bits per heavy atom. The van der Waals surface area contributed by atoms with Crippen molar-refractivity contribution in [3.8, 4) is 0 Å². The molecule has 1 aliphatic rings. The van der Waals surface area contributed by atoms with Gasteiger partial charge in [0, 0.05) is 19.1 Å². The lowest BCUT2D eigenvalue weighted by atomic mass is 10.0. The molecule has 1 saturated heterocycles. The minimum absolute atomic E-state index is 0.147. The number of hydrogen-bond acceptors (Lipinski definition) is 4. The molecule has 0 saturated carbocycles. The van der Waals surface area contributed by atoms with E-state index >= 15 is 0 Å². The first-order chi connectivity index (χ1) is 8.52. The van der Waals surface area contributed by atoms with Crippen molar-refractivity contribution in [1.29, 1.82) is 0 Å². The zero-order valence-corrected chi connectivity index (χ0v) is 10.8. The summed E-state index contributed by atoms with van der Waals surface area (Å²) in [6, 6.07) is -0.336. The van der Waals surface area contributed by atoms with Crippen molar-refractivity contribution in [2.24, 2.45) is 11.7 Å². The van der Waals surface area contributed by atoms with Crippen LogP contribution in [0.15, 0.2) is 12.7 Å². The van der Waals surface area contributed by atoms with Gasteiger partial charge in [-0.05, 0) is 25.8 Å². The molecule has 1 rings (SSSR count). The van der Waals surface area contributed by atoms with Gasteiger partial charge < -0.3 is 11.1 Å². The van der Waals surface area contributed by atoms with Gasteiger partial charge in [-0.1, -0.05) is 6.08 Å². The Hall–Kier alpha value is -1.40. The van der Waals surface area contributed by atoms with Crippen LogP contribution in [0.3, 0.4) is 0 Å². The molecule has 0 aromatic heterocycles. The highest BCUT2D eigenvalue weighted by molar-refractivity contribution is 5.95. The average Bonchev–Trinajstić information content (AvgIpc) is 2.74. The van der Waals surface area contributed by atoms with Gasteiger partial charge in [-0.15, -0.1) is 6.58 Å². The molecule has 18 heavy (non-hydrogen) atoms. The number of carbonyl (C=O) groups excluding carboxylic acids is 2. The van der Waals surface area contributed by atoms with Gasteiger partial charge in [0.15, 0.2) is 0 Å². The summed E-state index contributed by atoms with van der Waals surface area (Å²) in [6.45, 7) is 7.71. The molecule has 1 heterocycles. The quantitative estimate of drug-likeness (QED) is 0.586. The van der Waals surface area contributed by atoms with Crippen molar-refractivity contribution in [3.05, 3.63) is 12.7 Å². The monoisotopic (exact) mass is 254 g/mol. The summed E-state index contributed by atoms with van der Waals surface area (Å²) in [5.41, 5.74) is 5.83. The number of urea groups is 1. The lowest BCUT2D eigenvalue weighted by Gasteiger charge is -2.17. The molecule has 6 nitrogen and oxygen atoms in total. The van der Waals surface area contributed by atoms with Crippen LogP contribution >= 0.6 is 0 Å². The number of nitrogens with zero attached hydrogens (tertiary/aromatic N) is 1. The normalized spacial score (nSPS) is 21.3. The van der Waals surface area contributed by atoms with Gasteiger partial charge >= 0.3 is 6.03 Å². The molecule has 0 bridgehead atoms. The summed E-state index contributed by atoms with van der Waals surface area (Å²) in [7, 11) is 0. The lowest BCUT2D eigenvalue weighted by Crippen LogP contribution is -2.44. The molecular weight excluding hydrogens is 232 g/mol. The molecule has 2 unspecified atom stereocenters. The first kappa shape index (κ1) is 14.7. The van der Waals surface area contributed by atoms with Gasteiger partial charge in [0.1, 0.15) is 0 Å². The van der Waals surface area contributed by atoms with Crippen LogP contribution in [0.2, 0.25) is 0 Å². The number of nitrogens with one attached hydrogen (secondary N) is 2. The van der Waals surface area contributed by atoms with Crippen LogP contribution < -0.4 is 16.4 Å².